The maximum atomic E-state index is 2.55. The van der Waals surface area contributed by atoms with E-state index in [9.17, 15) is 0 Å². The Morgan fingerprint density at radius 2 is 1.39 bits per heavy atom. The van der Waals surface area contributed by atoms with Gasteiger partial charge in [0.1, 0.15) is 0 Å². The third-order valence-electron chi connectivity index (χ3n) is 5.44. The summed E-state index contributed by atoms with van der Waals surface area (Å²) < 4.78 is 1.55. The van der Waals surface area contributed by atoms with Crippen LogP contribution < -0.4 is 4.43 Å². The summed E-state index contributed by atoms with van der Waals surface area (Å²) in [6, 6.07) is 18.1. The molecule has 4 rings (SSSR count). The molecule has 1 aliphatic carbocycles. The van der Waals surface area contributed by atoms with Crippen LogP contribution >= 0.6 is 0 Å². The van der Waals surface area contributed by atoms with Gasteiger partial charge in [-0.2, -0.15) is 0 Å². The minimum atomic E-state index is 0.564. The van der Waals surface area contributed by atoms with Gasteiger partial charge in [0.15, 0.2) is 0 Å². The fourth-order valence-electron chi connectivity index (χ4n) is 4.29. The normalized spacial score (nSPS) is 18.8. The lowest BCUT2D eigenvalue weighted by Crippen LogP contribution is -2.10. The fraction of sp³-hybridized carbons (Fsp3) is 0.273. The van der Waals surface area contributed by atoms with Crippen molar-refractivity contribution < 1.29 is 0 Å². The van der Waals surface area contributed by atoms with Gasteiger partial charge in [-0.3, -0.25) is 0 Å². The van der Waals surface area contributed by atoms with Crippen LogP contribution in [0.4, 0.5) is 0 Å². The van der Waals surface area contributed by atoms with Gasteiger partial charge < -0.3 is 0 Å². The van der Waals surface area contributed by atoms with Crippen LogP contribution in [0.15, 0.2) is 60.2 Å². The number of allylic oxidation sites excluding steroid dienone is 2. The molecule has 0 radical (unpaired) electrons. The maximum absolute atomic E-state index is 2.55. The average molecular weight is 314 g/mol. The van der Waals surface area contributed by atoms with Crippen molar-refractivity contribution in [2.24, 2.45) is 0 Å². The SMILES string of the molecule is CC1=CC(c2c3ccccc3[c]([AlH2])c3ccccc23)CCCC1. The van der Waals surface area contributed by atoms with E-state index in [0.717, 1.165) is 16.3 Å². The molecule has 0 aliphatic heterocycles. The zero-order valence-corrected chi connectivity index (χ0v) is 16.1. The standard InChI is InChI=1S/C22H21.Al.2H/c1-16-8-2-3-11-19(14-16)22-20-12-6-4-9-17(20)15-18-10-5-7-13-21(18)22;;;/h4-7,9-10,12-14,19H,2-3,8,11H2,1H3;;;. The molecule has 3 aromatic carbocycles. The van der Waals surface area contributed by atoms with E-state index in [2.05, 4.69) is 61.5 Å². The van der Waals surface area contributed by atoms with Crippen molar-refractivity contribution >= 4 is 42.3 Å². The largest absolute Gasteiger partial charge is 0.260 e. The van der Waals surface area contributed by atoms with E-state index in [1.807, 2.05) is 0 Å². The van der Waals surface area contributed by atoms with Crippen molar-refractivity contribution in [2.45, 2.75) is 38.5 Å². The molecule has 0 nitrogen and oxygen atoms in total. The number of fused-ring (bicyclic) bond motifs is 2. The van der Waals surface area contributed by atoms with Crippen molar-refractivity contribution in [1.82, 2.24) is 0 Å². The lowest BCUT2D eigenvalue weighted by Gasteiger charge is -2.20. The van der Waals surface area contributed by atoms with Gasteiger partial charge in [0.05, 0.1) is 0 Å². The van der Waals surface area contributed by atoms with Crippen molar-refractivity contribution in [1.29, 1.82) is 0 Å². The second-order valence-corrected chi connectivity index (χ2v) is 8.00. The van der Waals surface area contributed by atoms with Gasteiger partial charge in [-0.15, -0.1) is 4.43 Å². The molecule has 0 saturated heterocycles. The highest BCUT2D eigenvalue weighted by atomic mass is 27.0. The van der Waals surface area contributed by atoms with E-state index >= 15 is 0 Å². The average Bonchev–Trinajstić information content (AvgIpc) is 2.80. The van der Waals surface area contributed by atoms with Crippen LogP contribution in [-0.2, 0) is 0 Å². The summed E-state index contributed by atoms with van der Waals surface area (Å²) in [6.45, 7) is 2.31. The maximum Gasteiger partial charge on any atom is 0.260 e. The van der Waals surface area contributed by atoms with Crippen LogP contribution in [0.1, 0.15) is 44.1 Å². The minimum absolute atomic E-state index is 0.564. The van der Waals surface area contributed by atoms with Crippen molar-refractivity contribution in [2.75, 3.05) is 0 Å². The molecule has 1 unspecified atom stereocenters. The zero-order chi connectivity index (χ0) is 15.8. The first-order chi connectivity index (χ1) is 11.3. The van der Waals surface area contributed by atoms with Crippen LogP contribution in [0, 0.1) is 0 Å². The molecule has 1 atom stereocenters. The van der Waals surface area contributed by atoms with E-state index < -0.39 is 0 Å². The lowest BCUT2D eigenvalue weighted by atomic mass is 9.85. The van der Waals surface area contributed by atoms with Crippen molar-refractivity contribution in [3.05, 3.63) is 65.7 Å². The van der Waals surface area contributed by atoms with Crippen LogP contribution in [0.5, 0.6) is 0 Å². The Morgan fingerprint density at radius 1 is 0.826 bits per heavy atom. The first-order valence-corrected chi connectivity index (χ1v) is 9.83. The fourth-order valence-corrected chi connectivity index (χ4v) is 5.16. The van der Waals surface area contributed by atoms with Gasteiger partial charge in [-0.05, 0) is 53.3 Å². The molecule has 114 valence electrons. The second-order valence-electron chi connectivity index (χ2n) is 7.00. The minimum Gasteiger partial charge on any atom is -0.106 e. The molecule has 0 bridgehead atoms. The van der Waals surface area contributed by atoms with E-state index in [-0.39, 0.29) is 0 Å². The third kappa shape index (κ3) is 2.63. The highest BCUT2D eigenvalue weighted by Crippen LogP contribution is 2.38. The first kappa shape index (κ1) is 15.0. The molecule has 1 aliphatic rings. The van der Waals surface area contributed by atoms with Crippen molar-refractivity contribution in [3.63, 3.8) is 0 Å². The Bertz CT molecular complexity index is 847. The first-order valence-electron chi connectivity index (χ1n) is 8.83. The molecule has 23 heavy (non-hydrogen) atoms. The van der Waals surface area contributed by atoms with Crippen LogP contribution in [0.2, 0.25) is 0 Å². The summed E-state index contributed by atoms with van der Waals surface area (Å²) >= 11 is 1.09. The Hall–Kier alpha value is -1.55. The highest BCUT2D eigenvalue weighted by Gasteiger charge is 2.19. The van der Waals surface area contributed by atoms with Gasteiger partial charge >= 0.3 is 0 Å². The monoisotopic (exact) mass is 314 g/mol. The number of hydrogen-bond acceptors (Lipinski definition) is 0. The zero-order valence-electron chi connectivity index (χ0n) is 14.1. The molecule has 0 amide bonds. The van der Waals surface area contributed by atoms with E-state index in [0.29, 0.717) is 5.92 Å². The van der Waals surface area contributed by atoms with Crippen LogP contribution in [0.3, 0.4) is 0 Å². The Labute approximate surface area is 146 Å². The topological polar surface area (TPSA) is 0 Å². The Kier molecular flexibility index (Phi) is 4.02. The molecule has 0 spiro atoms. The molecular weight excluding hydrogens is 291 g/mol. The molecule has 3 aromatic rings. The van der Waals surface area contributed by atoms with Crippen molar-refractivity contribution in [3.8, 4) is 0 Å². The molecular formula is C22H23Al. The van der Waals surface area contributed by atoms with Crippen LogP contribution in [-0.4, -0.2) is 16.3 Å². The molecule has 0 saturated carbocycles. The lowest BCUT2D eigenvalue weighted by molar-refractivity contribution is 0.667. The predicted molar refractivity (Wildman–Crippen MR) is 105 cm³/mol. The number of hydrogen-bond donors (Lipinski definition) is 0. The summed E-state index contributed by atoms with van der Waals surface area (Å²) in [5.41, 5.74) is 3.13. The molecule has 0 aromatic heterocycles. The quantitative estimate of drug-likeness (QED) is 0.342. The molecule has 0 fully saturated rings. The third-order valence-corrected chi connectivity index (χ3v) is 6.51. The molecule has 1 heteroatoms. The molecule has 0 N–H and O–H groups in total. The van der Waals surface area contributed by atoms with Gasteiger partial charge in [0.2, 0.25) is 0 Å². The summed E-state index contributed by atoms with van der Waals surface area (Å²) in [5, 5.41) is 5.91. The van der Waals surface area contributed by atoms with Crippen LogP contribution in [0.25, 0.3) is 21.5 Å². The van der Waals surface area contributed by atoms with Gasteiger partial charge in [-0.25, -0.2) is 0 Å². The summed E-state index contributed by atoms with van der Waals surface area (Å²) in [4.78, 5) is 0. The second kappa shape index (κ2) is 6.16. The Morgan fingerprint density at radius 3 is 2.00 bits per heavy atom. The molecule has 0 heterocycles. The summed E-state index contributed by atoms with van der Waals surface area (Å²) in [7, 11) is 0. The van der Waals surface area contributed by atoms with Gasteiger partial charge in [-0.1, -0.05) is 66.6 Å². The van der Waals surface area contributed by atoms with E-state index in [1.54, 1.807) is 15.6 Å². The van der Waals surface area contributed by atoms with Gasteiger partial charge in [0, 0.05) is 5.92 Å². The Balaban J connectivity index is 2.10. The number of rotatable bonds is 1. The van der Waals surface area contributed by atoms with E-state index in [1.165, 1.54) is 47.2 Å². The summed E-state index contributed by atoms with van der Waals surface area (Å²) in [6.07, 6.45) is 7.78. The van der Waals surface area contributed by atoms with E-state index in [4.69, 9.17) is 0 Å². The number of benzene rings is 3. The highest BCUT2D eigenvalue weighted by molar-refractivity contribution is 6.45. The summed E-state index contributed by atoms with van der Waals surface area (Å²) in [5.74, 6) is 0.564. The smallest absolute Gasteiger partial charge is 0.106 e. The predicted octanol–water partition coefficient (Wildman–Crippen LogP) is 4.86. The van der Waals surface area contributed by atoms with Gasteiger partial charge in [0.25, 0.3) is 16.3 Å².